The maximum absolute atomic E-state index is 12.6. The van der Waals surface area contributed by atoms with Gasteiger partial charge in [0.15, 0.2) is 0 Å². The van der Waals surface area contributed by atoms with Gasteiger partial charge >= 0.3 is 0 Å². The highest BCUT2D eigenvalue weighted by Gasteiger charge is 2.19. The number of nitrogens with one attached hydrogen (secondary N) is 1. The van der Waals surface area contributed by atoms with E-state index in [9.17, 15) is 8.78 Å². The van der Waals surface area contributed by atoms with Crippen LogP contribution in [0.4, 0.5) is 20.4 Å². The summed E-state index contributed by atoms with van der Waals surface area (Å²) in [6, 6.07) is 0. The first-order valence-corrected chi connectivity index (χ1v) is 6.51. The molecule has 20 heavy (non-hydrogen) atoms. The summed E-state index contributed by atoms with van der Waals surface area (Å²) in [5.41, 5.74) is 3.04. The van der Waals surface area contributed by atoms with Gasteiger partial charge in [0, 0.05) is 18.5 Å². The molecule has 0 aliphatic heterocycles. The van der Waals surface area contributed by atoms with Gasteiger partial charge in [-0.2, -0.15) is 0 Å². The number of aryl methyl sites for hydroxylation is 1. The van der Waals surface area contributed by atoms with Crippen molar-refractivity contribution in [2.45, 2.75) is 33.1 Å². The van der Waals surface area contributed by atoms with Crippen LogP contribution in [0.15, 0.2) is 0 Å². The van der Waals surface area contributed by atoms with Gasteiger partial charge in [-0.25, -0.2) is 24.6 Å². The van der Waals surface area contributed by atoms with E-state index in [1.807, 2.05) is 6.92 Å². The van der Waals surface area contributed by atoms with E-state index in [0.717, 1.165) is 6.42 Å². The number of hydrogen-bond donors (Lipinski definition) is 3. The molecular weight excluding hydrogens is 268 g/mol. The molecule has 4 N–H and O–H groups in total. The Labute approximate surface area is 117 Å². The van der Waals surface area contributed by atoms with Gasteiger partial charge in [-0.3, -0.25) is 0 Å². The molecule has 1 aromatic rings. The maximum atomic E-state index is 12.6. The molecule has 0 radical (unpaired) electrons. The molecule has 0 aromatic carbocycles. The number of aromatic nitrogens is 2. The molecular formula is C12H21F2N5O. The quantitative estimate of drug-likeness (QED) is 0.490. The minimum Gasteiger partial charge on any atom is -0.395 e. The molecule has 0 spiro atoms. The molecule has 114 valence electrons. The van der Waals surface area contributed by atoms with Gasteiger partial charge in [-0.05, 0) is 13.3 Å². The Bertz CT molecular complexity index is 431. The highest BCUT2D eigenvalue weighted by molar-refractivity contribution is 5.58. The first-order chi connectivity index (χ1) is 9.53. The Balaban J connectivity index is 3.19. The van der Waals surface area contributed by atoms with Crippen LogP contribution in [0.25, 0.3) is 0 Å². The topological polar surface area (TPSA) is 87.3 Å². The number of alkyl halides is 2. The number of rotatable bonds is 8. The van der Waals surface area contributed by atoms with Crippen molar-refractivity contribution in [3.8, 4) is 0 Å². The summed E-state index contributed by atoms with van der Waals surface area (Å²) in [7, 11) is 0. The van der Waals surface area contributed by atoms with E-state index in [2.05, 4.69) is 15.4 Å². The molecule has 0 aliphatic carbocycles. The highest BCUT2D eigenvalue weighted by atomic mass is 19.3. The highest BCUT2D eigenvalue weighted by Crippen LogP contribution is 2.24. The van der Waals surface area contributed by atoms with Crippen molar-refractivity contribution in [2.24, 2.45) is 5.84 Å². The zero-order valence-electron chi connectivity index (χ0n) is 11.7. The molecule has 0 atom stereocenters. The number of halogens is 2. The van der Waals surface area contributed by atoms with E-state index in [4.69, 9.17) is 10.9 Å². The van der Waals surface area contributed by atoms with Crippen LogP contribution in [-0.2, 0) is 6.42 Å². The van der Waals surface area contributed by atoms with Crippen LogP contribution in [0.2, 0.25) is 0 Å². The molecule has 1 rings (SSSR count). The lowest BCUT2D eigenvalue weighted by Crippen LogP contribution is -2.33. The molecule has 1 aromatic heterocycles. The number of hydrogen-bond acceptors (Lipinski definition) is 6. The van der Waals surface area contributed by atoms with Gasteiger partial charge in [0.2, 0.25) is 0 Å². The maximum Gasteiger partial charge on any atom is 0.255 e. The van der Waals surface area contributed by atoms with Gasteiger partial charge in [-0.1, -0.05) is 6.92 Å². The third kappa shape index (κ3) is 4.24. The van der Waals surface area contributed by atoms with E-state index in [-0.39, 0.29) is 13.2 Å². The fraction of sp³-hybridized carbons (Fsp3) is 0.667. The Morgan fingerprint density at radius 1 is 1.40 bits per heavy atom. The third-order valence-corrected chi connectivity index (χ3v) is 2.80. The lowest BCUT2D eigenvalue weighted by Gasteiger charge is -2.25. The van der Waals surface area contributed by atoms with Crippen LogP contribution in [-0.4, -0.2) is 41.2 Å². The molecule has 0 amide bonds. The summed E-state index contributed by atoms with van der Waals surface area (Å²) < 4.78 is 25.3. The van der Waals surface area contributed by atoms with Crippen molar-refractivity contribution < 1.29 is 13.9 Å². The number of nitrogen functional groups attached to an aromatic ring is 1. The molecule has 8 heteroatoms. The minimum absolute atomic E-state index is 0.0811. The van der Waals surface area contributed by atoms with E-state index < -0.39 is 13.0 Å². The number of hydrazine groups is 1. The number of aliphatic hydroxyl groups excluding tert-OH is 1. The lowest BCUT2D eigenvalue weighted by molar-refractivity contribution is 0.152. The second-order valence-electron chi connectivity index (χ2n) is 4.39. The van der Waals surface area contributed by atoms with Crippen LogP contribution < -0.4 is 16.2 Å². The van der Waals surface area contributed by atoms with Crippen LogP contribution >= 0.6 is 0 Å². The molecule has 0 fully saturated rings. The predicted octanol–water partition coefficient (Wildman–Crippen LogP) is 1.09. The summed E-state index contributed by atoms with van der Waals surface area (Å²) in [5, 5.41) is 9.03. The first-order valence-electron chi connectivity index (χ1n) is 6.51. The average Bonchev–Trinajstić information content (AvgIpc) is 2.40. The van der Waals surface area contributed by atoms with Crippen molar-refractivity contribution >= 4 is 11.6 Å². The Hall–Kier alpha value is -1.54. The number of nitrogens with two attached hydrogens (primary N) is 1. The largest absolute Gasteiger partial charge is 0.395 e. The van der Waals surface area contributed by atoms with Gasteiger partial charge < -0.3 is 15.4 Å². The van der Waals surface area contributed by atoms with Crippen LogP contribution in [0.5, 0.6) is 0 Å². The SMILES string of the molecule is CCCc1nc(NN)c(C)c(N(CCO)CC(F)F)n1. The third-order valence-electron chi connectivity index (χ3n) is 2.80. The molecule has 0 unspecified atom stereocenters. The molecule has 0 aliphatic rings. The molecule has 0 saturated carbocycles. The fourth-order valence-electron chi connectivity index (χ4n) is 1.90. The van der Waals surface area contributed by atoms with Crippen molar-refractivity contribution in [1.29, 1.82) is 0 Å². The van der Waals surface area contributed by atoms with Gasteiger partial charge in [0.1, 0.15) is 17.5 Å². The minimum atomic E-state index is -2.51. The Morgan fingerprint density at radius 3 is 2.60 bits per heavy atom. The normalized spacial score (nSPS) is 10.9. The van der Waals surface area contributed by atoms with Crippen LogP contribution in [0.1, 0.15) is 24.7 Å². The second kappa shape index (κ2) is 7.91. The summed E-state index contributed by atoms with van der Waals surface area (Å²) in [4.78, 5) is 9.91. The number of anilines is 2. The van der Waals surface area contributed by atoms with Crippen LogP contribution in [0.3, 0.4) is 0 Å². The summed E-state index contributed by atoms with van der Waals surface area (Å²) in [6.45, 7) is 3.04. The number of aliphatic hydroxyl groups is 1. The standard InChI is InChI=1S/C12H21F2N5O/c1-3-4-10-16-11(18-15)8(2)12(17-10)19(5-6-20)7-9(13)14/h9,20H,3-7,15H2,1-2H3,(H,16,17,18). The predicted molar refractivity (Wildman–Crippen MR) is 73.9 cm³/mol. The van der Waals surface area contributed by atoms with E-state index in [1.54, 1.807) is 6.92 Å². The summed E-state index contributed by atoms with van der Waals surface area (Å²) in [6.07, 6.45) is -1.05. The Kier molecular flexibility index (Phi) is 6.53. The van der Waals surface area contributed by atoms with Crippen molar-refractivity contribution in [1.82, 2.24) is 9.97 Å². The second-order valence-corrected chi connectivity index (χ2v) is 4.39. The van der Waals surface area contributed by atoms with E-state index >= 15 is 0 Å². The number of nitrogens with zero attached hydrogens (tertiary/aromatic N) is 3. The lowest BCUT2D eigenvalue weighted by atomic mass is 10.2. The van der Waals surface area contributed by atoms with Crippen molar-refractivity contribution in [2.75, 3.05) is 30.0 Å². The van der Waals surface area contributed by atoms with Crippen molar-refractivity contribution in [3.63, 3.8) is 0 Å². The van der Waals surface area contributed by atoms with E-state index in [1.165, 1.54) is 4.90 Å². The monoisotopic (exact) mass is 289 g/mol. The van der Waals surface area contributed by atoms with Crippen LogP contribution in [0, 0.1) is 6.92 Å². The fourth-order valence-corrected chi connectivity index (χ4v) is 1.90. The summed E-state index contributed by atoms with van der Waals surface area (Å²) >= 11 is 0. The molecule has 6 nitrogen and oxygen atoms in total. The zero-order valence-corrected chi connectivity index (χ0v) is 11.7. The Morgan fingerprint density at radius 2 is 2.10 bits per heavy atom. The first kappa shape index (κ1) is 16.5. The van der Waals surface area contributed by atoms with Gasteiger partial charge in [-0.15, -0.1) is 0 Å². The van der Waals surface area contributed by atoms with Crippen molar-refractivity contribution in [3.05, 3.63) is 11.4 Å². The van der Waals surface area contributed by atoms with Gasteiger partial charge in [0.25, 0.3) is 6.43 Å². The van der Waals surface area contributed by atoms with E-state index in [0.29, 0.717) is 29.4 Å². The average molecular weight is 289 g/mol. The zero-order chi connectivity index (χ0) is 15.1. The molecule has 0 saturated heterocycles. The van der Waals surface area contributed by atoms with Gasteiger partial charge in [0.05, 0.1) is 13.2 Å². The molecule has 1 heterocycles. The smallest absolute Gasteiger partial charge is 0.255 e. The molecule has 0 bridgehead atoms. The summed E-state index contributed by atoms with van der Waals surface area (Å²) in [5.74, 6) is 6.74.